The second-order valence-corrected chi connectivity index (χ2v) is 7.78. The van der Waals surface area contributed by atoms with Crippen molar-refractivity contribution in [3.05, 3.63) is 60.2 Å². The number of hydrogen-bond donors (Lipinski definition) is 1. The molecule has 0 radical (unpaired) electrons. The Hall–Kier alpha value is -3.15. The Morgan fingerprint density at radius 2 is 1.68 bits per heavy atom. The highest BCUT2D eigenvalue weighted by Gasteiger charge is 2.53. The van der Waals surface area contributed by atoms with Gasteiger partial charge in [0.1, 0.15) is 5.54 Å². The summed E-state index contributed by atoms with van der Waals surface area (Å²) in [7, 11) is 0. The molecule has 1 aliphatic heterocycles. The third-order valence-corrected chi connectivity index (χ3v) is 5.55. The maximum Gasteiger partial charge on any atom is 0.317 e. The van der Waals surface area contributed by atoms with E-state index in [0.29, 0.717) is 24.2 Å². The number of para-hydroxylation sites is 2. The number of esters is 1. The van der Waals surface area contributed by atoms with Crippen LogP contribution in [0, 0.1) is 0 Å². The monoisotopic (exact) mass is 378 g/mol. The first-order chi connectivity index (χ1) is 13.4. The number of fused-ring (bicyclic) bond motifs is 1. The first kappa shape index (κ1) is 18.2. The number of ether oxygens (including phenoxy) is 1. The number of amides is 2. The van der Waals surface area contributed by atoms with Crippen molar-refractivity contribution < 1.29 is 19.1 Å². The summed E-state index contributed by atoms with van der Waals surface area (Å²) in [4.78, 5) is 39.6. The highest BCUT2D eigenvalue weighted by atomic mass is 16.5. The zero-order valence-corrected chi connectivity index (χ0v) is 15.9. The molecule has 2 aromatic rings. The molecule has 1 fully saturated rings. The number of anilines is 2. The van der Waals surface area contributed by atoms with E-state index in [-0.39, 0.29) is 11.9 Å². The van der Waals surface area contributed by atoms with E-state index in [0.717, 1.165) is 5.56 Å². The molecule has 0 unspecified atom stereocenters. The van der Waals surface area contributed by atoms with E-state index in [1.807, 2.05) is 30.3 Å². The fourth-order valence-electron chi connectivity index (χ4n) is 3.72. The van der Waals surface area contributed by atoms with Crippen LogP contribution >= 0.6 is 0 Å². The lowest BCUT2D eigenvalue weighted by molar-refractivity contribution is -0.150. The van der Waals surface area contributed by atoms with Crippen LogP contribution in [0.3, 0.4) is 0 Å². The average molecular weight is 378 g/mol. The van der Waals surface area contributed by atoms with Crippen molar-refractivity contribution in [3.63, 3.8) is 0 Å². The van der Waals surface area contributed by atoms with E-state index >= 15 is 0 Å². The Bertz CT molecular complexity index is 948. The van der Waals surface area contributed by atoms with Gasteiger partial charge in [-0.05, 0) is 44.4 Å². The van der Waals surface area contributed by atoms with Crippen molar-refractivity contribution in [1.82, 2.24) is 0 Å². The summed E-state index contributed by atoms with van der Waals surface area (Å²) >= 11 is 0. The molecule has 1 heterocycles. The number of rotatable bonds is 4. The number of carbonyl (C=O) groups excluding carboxylic acids is 3. The van der Waals surface area contributed by atoms with E-state index < -0.39 is 23.5 Å². The van der Waals surface area contributed by atoms with Gasteiger partial charge >= 0.3 is 5.97 Å². The van der Waals surface area contributed by atoms with E-state index in [2.05, 4.69) is 5.32 Å². The standard InChI is InChI=1S/C22H22N2O4/c1-21(2)19(26)23-16-10-6-7-11-17(16)24(21)18(25)14-28-20(27)22(12-13-22)15-8-4-3-5-9-15/h3-11H,12-14H2,1-2H3,(H,23,26). The Kier molecular flexibility index (Phi) is 4.22. The minimum absolute atomic E-state index is 0.283. The summed E-state index contributed by atoms with van der Waals surface area (Å²) in [5, 5.41) is 2.82. The quantitative estimate of drug-likeness (QED) is 0.830. The maximum atomic E-state index is 13.0. The zero-order valence-electron chi connectivity index (χ0n) is 15.9. The minimum atomic E-state index is -1.09. The summed E-state index contributed by atoms with van der Waals surface area (Å²) in [6.07, 6.45) is 1.43. The van der Waals surface area contributed by atoms with Crippen LogP contribution in [0.5, 0.6) is 0 Å². The molecule has 2 aromatic carbocycles. The van der Waals surface area contributed by atoms with Crippen molar-refractivity contribution in [2.24, 2.45) is 0 Å². The first-order valence-electron chi connectivity index (χ1n) is 9.32. The second kappa shape index (κ2) is 6.48. The lowest BCUT2D eigenvalue weighted by Crippen LogP contribution is -2.59. The first-order valence-corrected chi connectivity index (χ1v) is 9.32. The topological polar surface area (TPSA) is 75.7 Å². The van der Waals surface area contributed by atoms with Gasteiger partial charge in [-0.25, -0.2) is 0 Å². The molecule has 0 spiro atoms. The molecule has 4 rings (SSSR count). The normalized spacial score (nSPS) is 18.6. The van der Waals surface area contributed by atoms with Gasteiger partial charge in [-0.1, -0.05) is 42.5 Å². The van der Waals surface area contributed by atoms with Gasteiger partial charge in [-0.2, -0.15) is 0 Å². The molecule has 0 atom stereocenters. The molecule has 1 N–H and O–H groups in total. The fraction of sp³-hybridized carbons (Fsp3) is 0.318. The summed E-state index contributed by atoms with van der Waals surface area (Å²) in [6, 6.07) is 16.6. The molecule has 6 nitrogen and oxygen atoms in total. The molecule has 2 aliphatic rings. The fourth-order valence-corrected chi connectivity index (χ4v) is 3.72. The van der Waals surface area contributed by atoms with Gasteiger partial charge in [-0.15, -0.1) is 0 Å². The van der Waals surface area contributed by atoms with Gasteiger partial charge in [0.2, 0.25) is 5.91 Å². The van der Waals surface area contributed by atoms with Gasteiger partial charge in [0.25, 0.3) is 5.91 Å². The molecular weight excluding hydrogens is 356 g/mol. The predicted octanol–water partition coefficient (Wildman–Crippen LogP) is 3.03. The van der Waals surface area contributed by atoms with E-state index in [1.165, 1.54) is 4.90 Å². The van der Waals surface area contributed by atoms with Crippen LogP contribution in [0.4, 0.5) is 11.4 Å². The number of benzene rings is 2. The van der Waals surface area contributed by atoms with Crippen LogP contribution in [-0.4, -0.2) is 29.9 Å². The highest BCUT2D eigenvalue weighted by Crippen LogP contribution is 2.49. The van der Waals surface area contributed by atoms with Crippen LogP contribution < -0.4 is 10.2 Å². The highest BCUT2D eigenvalue weighted by molar-refractivity contribution is 6.14. The largest absolute Gasteiger partial charge is 0.455 e. The molecule has 6 heteroatoms. The number of nitrogens with zero attached hydrogens (tertiary/aromatic N) is 1. The Balaban J connectivity index is 1.52. The molecule has 0 bridgehead atoms. The van der Waals surface area contributed by atoms with Crippen molar-refractivity contribution >= 4 is 29.2 Å². The SMILES string of the molecule is CC1(C)C(=O)Nc2ccccc2N1C(=O)COC(=O)C1(c2ccccc2)CC1. The summed E-state index contributed by atoms with van der Waals surface area (Å²) in [5.74, 6) is -1.10. The molecule has 28 heavy (non-hydrogen) atoms. The van der Waals surface area contributed by atoms with E-state index in [9.17, 15) is 14.4 Å². The van der Waals surface area contributed by atoms with Gasteiger partial charge in [0.15, 0.2) is 6.61 Å². The van der Waals surface area contributed by atoms with E-state index in [1.54, 1.807) is 38.1 Å². The Morgan fingerprint density at radius 1 is 1.04 bits per heavy atom. The van der Waals surface area contributed by atoms with Crippen LogP contribution in [-0.2, 0) is 24.5 Å². The van der Waals surface area contributed by atoms with Crippen molar-refractivity contribution in [1.29, 1.82) is 0 Å². The third-order valence-electron chi connectivity index (χ3n) is 5.55. The Morgan fingerprint density at radius 3 is 2.36 bits per heavy atom. The summed E-state index contributed by atoms with van der Waals surface area (Å²) in [6.45, 7) is 2.94. The second-order valence-electron chi connectivity index (χ2n) is 7.78. The predicted molar refractivity (Wildman–Crippen MR) is 105 cm³/mol. The van der Waals surface area contributed by atoms with Gasteiger partial charge < -0.3 is 10.1 Å². The molecule has 1 saturated carbocycles. The van der Waals surface area contributed by atoms with Gasteiger partial charge in [0.05, 0.1) is 16.8 Å². The summed E-state index contributed by atoms with van der Waals surface area (Å²) in [5.41, 5.74) is 0.338. The van der Waals surface area contributed by atoms with Crippen LogP contribution in [0.1, 0.15) is 32.3 Å². The lowest BCUT2D eigenvalue weighted by Gasteiger charge is -2.41. The van der Waals surface area contributed by atoms with Crippen molar-refractivity contribution in [3.8, 4) is 0 Å². The van der Waals surface area contributed by atoms with Crippen LogP contribution in [0.15, 0.2) is 54.6 Å². The zero-order chi connectivity index (χ0) is 19.9. The molecule has 144 valence electrons. The lowest BCUT2D eigenvalue weighted by atomic mass is 9.96. The molecular formula is C22H22N2O4. The number of carbonyl (C=O) groups is 3. The molecule has 0 saturated heterocycles. The maximum absolute atomic E-state index is 13.0. The van der Waals surface area contributed by atoms with Crippen LogP contribution in [0.2, 0.25) is 0 Å². The smallest absolute Gasteiger partial charge is 0.317 e. The number of hydrogen-bond acceptors (Lipinski definition) is 4. The van der Waals surface area contributed by atoms with Crippen molar-refractivity contribution in [2.45, 2.75) is 37.6 Å². The number of nitrogens with one attached hydrogen (secondary N) is 1. The Labute approximate surface area is 163 Å². The molecule has 0 aromatic heterocycles. The van der Waals surface area contributed by atoms with Gasteiger partial charge in [0, 0.05) is 0 Å². The van der Waals surface area contributed by atoms with Crippen molar-refractivity contribution in [2.75, 3.05) is 16.8 Å². The minimum Gasteiger partial charge on any atom is -0.455 e. The third kappa shape index (κ3) is 2.85. The molecule has 1 aliphatic carbocycles. The van der Waals surface area contributed by atoms with Crippen LogP contribution in [0.25, 0.3) is 0 Å². The van der Waals surface area contributed by atoms with E-state index in [4.69, 9.17) is 4.74 Å². The summed E-state index contributed by atoms with van der Waals surface area (Å²) < 4.78 is 5.42. The van der Waals surface area contributed by atoms with Gasteiger partial charge in [-0.3, -0.25) is 19.3 Å². The molecule has 2 amide bonds. The average Bonchev–Trinajstić information content (AvgIpc) is 3.49.